The monoisotopic (exact) mass is 235 g/mol. The van der Waals surface area contributed by atoms with Crippen LogP contribution in [0.1, 0.15) is 5.56 Å². The normalized spacial score (nSPS) is 10.4. The molecule has 1 heterocycles. The average Bonchev–Trinajstić information content (AvgIpc) is 2.28. The van der Waals surface area contributed by atoms with E-state index >= 15 is 0 Å². The molecular weight excluding hydrogens is 226 g/mol. The number of hydrogen-bond acceptors (Lipinski definition) is 3. The van der Waals surface area contributed by atoms with Gasteiger partial charge in [0.15, 0.2) is 0 Å². The molecule has 2 N–H and O–H groups in total. The lowest BCUT2D eigenvalue weighted by Gasteiger charge is -2.08. The maximum Gasteiger partial charge on any atom is 0.292 e. The molecule has 1 aromatic carbocycles. The summed E-state index contributed by atoms with van der Waals surface area (Å²) >= 11 is 5.79. The predicted octanol–water partition coefficient (Wildman–Crippen LogP) is 1.78. The Balaban J connectivity index is 2.72. The highest BCUT2D eigenvalue weighted by atomic mass is 35.5. The zero-order chi connectivity index (χ0) is 11.7. The Bertz CT molecular complexity index is 592. The van der Waals surface area contributed by atoms with Crippen LogP contribution in [-0.2, 0) is 0 Å². The molecule has 0 aliphatic heterocycles. The van der Waals surface area contributed by atoms with Crippen molar-refractivity contribution in [2.45, 2.75) is 6.92 Å². The van der Waals surface area contributed by atoms with Gasteiger partial charge in [-0.2, -0.15) is 9.78 Å². The van der Waals surface area contributed by atoms with Crippen LogP contribution < -0.4 is 11.3 Å². The van der Waals surface area contributed by atoms with E-state index in [-0.39, 0.29) is 10.7 Å². The first-order valence-corrected chi connectivity index (χ1v) is 5.08. The van der Waals surface area contributed by atoms with E-state index < -0.39 is 5.56 Å². The molecule has 0 bridgehead atoms. The average molecular weight is 236 g/mol. The minimum Gasteiger partial charge on any atom is -0.396 e. The highest BCUT2D eigenvalue weighted by molar-refractivity contribution is 6.32. The van der Waals surface area contributed by atoms with E-state index in [2.05, 4.69) is 5.10 Å². The van der Waals surface area contributed by atoms with Gasteiger partial charge in [-0.05, 0) is 18.6 Å². The second kappa shape index (κ2) is 3.98. The topological polar surface area (TPSA) is 60.9 Å². The van der Waals surface area contributed by atoms with E-state index in [4.69, 9.17) is 17.3 Å². The van der Waals surface area contributed by atoms with Gasteiger partial charge in [-0.1, -0.05) is 29.8 Å². The lowest BCUT2D eigenvalue weighted by Crippen LogP contribution is -2.23. The van der Waals surface area contributed by atoms with E-state index in [1.54, 1.807) is 6.07 Å². The largest absolute Gasteiger partial charge is 0.396 e. The van der Waals surface area contributed by atoms with Crippen molar-refractivity contribution >= 4 is 17.3 Å². The van der Waals surface area contributed by atoms with Crippen molar-refractivity contribution in [3.05, 3.63) is 51.4 Å². The SMILES string of the molecule is Cc1ccccc1-n1ncc(N)c(Cl)c1=O. The van der Waals surface area contributed by atoms with E-state index in [1.165, 1.54) is 10.9 Å². The number of nitrogens with two attached hydrogens (primary N) is 1. The van der Waals surface area contributed by atoms with Crippen molar-refractivity contribution < 1.29 is 0 Å². The molecule has 0 aliphatic rings. The molecule has 4 nitrogen and oxygen atoms in total. The molecule has 16 heavy (non-hydrogen) atoms. The van der Waals surface area contributed by atoms with Crippen LogP contribution in [0.4, 0.5) is 5.69 Å². The maximum atomic E-state index is 11.8. The Morgan fingerprint density at radius 1 is 1.38 bits per heavy atom. The Morgan fingerprint density at radius 3 is 2.75 bits per heavy atom. The first kappa shape index (κ1) is 10.7. The number of anilines is 1. The third-order valence-electron chi connectivity index (χ3n) is 2.29. The van der Waals surface area contributed by atoms with Crippen LogP contribution in [0.25, 0.3) is 5.69 Å². The zero-order valence-corrected chi connectivity index (χ0v) is 9.40. The molecule has 0 atom stereocenters. The highest BCUT2D eigenvalue weighted by Gasteiger charge is 2.09. The molecule has 0 saturated carbocycles. The van der Waals surface area contributed by atoms with Gasteiger partial charge in [-0.25, -0.2) is 0 Å². The molecule has 1 aromatic heterocycles. The first-order valence-electron chi connectivity index (χ1n) is 4.70. The zero-order valence-electron chi connectivity index (χ0n) is 8.64. The van der Waals surface area contributed by atoms with Gasteiger partial charge >= 0.3 is 0 Å². The third-order valence-corrected chi connectivity index (χ3v) is 2.67. The number of aromatic nitrogens is 2. The third kappa shape index (κ3) is 1.67. The fourth-order valence-electron chi connectivity index (χ4n) is 1.42. The van der Waals surface area contributed by atoms with Crippen molar-refractivity contribution in [1.82, 2.24) is 9.78 Å². The molecule has 5 heteroatoms. The second-order valence-corrected chi connectivity index (χ2v) is 3.80. The van der Waals surface area contributed by atoms with Crippen LogP contribution in [-0.4, -0.2) is 9.78 Å². The van der Waals surface area contributed by atoms with E-state index in [9.17, 15) is 4.79 Å². The van der Waals surface area contributed by atoms with Gasteiger partial charge in [0.25, 0.3) is 5.56 Å². The molecule has 0 spiro atoms. The summed E-state index contributed by atoms with van der Waals surface area (Å²) in [4.78, 5) is 11.8. The number of halogens is 1. The number of rotatable bonds is 1. The van der Waals surface area contributed by atoms with Crippen molar-refractivity contribution in [1.29, 1.82) is 0 Å². The molecule has 2 rings (SSSR count). The van der Waals surface area contributed by atoms with E-state index in [0.29, 0.717) is 5.69 Å². The molecule has 0 saturated heterocycles. The van der Waals surface area contributed by atoms with Gasteiger partial charge in [0.1, 0.15) is 5.02 Å². The highest BCUT2D eigenvalue weighted by Crippen LogP contribution is 2.14. The fourth-order valence-corrected chi connectivity index (χ4v) is 1.55. The number of nitrogen functional groups attached to an aromatic ring is 1. The molecular formula is C11H10ClN3O. The summed E-state index contributed by atoms with van der Waals surface area (Å²) in [5, 5.41) is 3.96. The molecule has 0 aliphatic carbocycles. The molecule has 0 radical (unpaired) electrons. The number of benzene rings is 1. The van der Waals surface area contributed by atoms with Crippen LogP contribution in [0, 0.1) is 6.92 Å². The summed E-state index contributed by atoms with van der Waals surface area (Å²) in [6, 6.07) is 7.42. The van der Waals surface area contributed by atoms with Crippen molar-refractivity contribution in [2.24, 2.45) is 0 Å². The van der Waals surface area contributed by atoms with Gasteiger partial charge < -0.3 is 5.73 Å². The number of hydrogen-bond donors (Lipinski definition) is 1. The van der Waals surface area contributed by atoms with E-state index in [1.807, 2.05) is 25.1 Å². The smallest absolute Gasteiger partial charge is 0.292 e. The number of aryl methyl sites for hydroxylation is 1. The summed E-state index contributed by atoms with van der Waals surface area (Å²) in [5.41, 5.74) is 6.93. The van der Waals surface area contributed by atoms with Gasteiger partial charge in [-0.3, -0.25) is 4.79 Å². The molecule has 2 aromatic rings. The predicted molar refractivity (Wildman–Crippen MR) is 64.0 cm³/mol. The fraction of sp³-hybridized carbons (Fsp3) is 0.0909. The Labute approximate surface area is 97.3 Å². The van der Waals surface area contributed by atoms with Gasteiger partial charge in [0, 0.05) is 0 Å². The molecule has 0 fully saturated rings. The van der Waals surface area contributed by atoms with Crippen molar-refractivity contribution in [3.63, 3.8) is 0 Å². The van der Waals surface area contributed by atoms with Crippen LogP contribution >= 0.6 is 11.6 Å². The maximum absolute atomic E-state index is 11.8. The Kier molecular flexibility index (Phi) is 2.66. The summed E-state index contributed by atoms with van der Waals surface area (Å²) in [6.45, 7) is 1.90. The lowest BCUT2D eigenvalue weighted by atomic mass is 10.2. The lowest BCUT2D eigenvalue weighted by molar-refractivity contribution is 0.804. The van der Waals surface area contributed by atoms with Gasteiger partial charge in [-0.15, -0.1) is 0 Å². The van der Waals surface area contributed by atoms with Crippen LogP contribution in [0.5, 0.6) is 0 Å². The van der Waals surface area contributed by atoms with Crippen molar-refractivity contribution in [3.8, 4) is 5.69 Å². The Hall–Kier alpha value is -1.81. The molecule has 82 valence electrons. The van der Waals surface area contributed by atoms with Crippen molar-refractivity contribution in [2.75, 3.05) is 5.73 Å². The quantitative estimate of drug-likeness (QED) is 0.820. The van der Waals surface area contributed by atoms with Crippen LogP contribution in [0.2, 0.25) is 5.02 Å². The minimum absolute atomic E-state index is 0.00162. The second-order valence-electron chi connectivity index (χ2n) is 3.42. The van der Waals surface area contributed by atoms with E-state index in [0.717, 1.165) is 5.56 Å². The minimum atomic E-state index is -0.407. The van der Waals surface area contributed by atoms with Gasteiger partial charge in [0.2, 0.25) is 0 Å². The Morgan fingerprint density at radius 2 is 2.06 bits per heavy atom. The van der Waals surface area contributed by atoms with Crippen LogP contribution in [0.3, 0.4) is 0 Å². The summed E-state index contributed by atoms with van der Waals surface area (Å²) in [7, 11) is 0. The van der Waals surface area contributed by atoms with Gasteiger partial charge in [0.05, 0.1) is 17.6 Å². The standard InChI is InChI=1S/C11H10ClN3O/c1-7-4-2-3-5-9(7)15-11(16)10(12)8(13)6-14-15/h2-6H,13H2,1H3. The summed E-state index contributed by atoms with van der Waals surface area (Å²) < 4.78 is 1.24. The summed E-state index contributed by atoms with van der Waals surface area (Å²) in [6.07, 6.45) is 1.37. The molecule has 0 amide bonds. The molecule has 0 unspecified atom stereocenters. The number of para-hydroxylation sites is 1. The summed E-state index contributed by atoms with van der Waals surface area (Å²) in [5.74, 6) is 0. The van der Waals surface area contributed by atoms with Crippen LogP contribution in [0.15, 0.2) is 35.3 Å². The number of nitrogens with zero attached hydrogens (tertiary/aromatic N) is 2. The first-order chi connectivity index (χ1) is 7.61.